The topological polar surface area (TPSA) is 72.6 Å². The Balaban J connectivity index is 1.67. The molecule has 0 aliphatic heterocycles. The van der Waals surface area contributed by atoms with Gasteiger partial charge in [-0.25, -0.2) is 0 Å². The maximum absolute atomic E-state index is 12.7. The molecule has 4 rings (SSSR count). The number of ketones is 1. The number of carbonyl (C=O) groups is 1. The Bertz CT molecular complexity index is 1140. The Morgan fingerprint density at radius 3 is 2.18 bits per heavy atom. The zero-order valence-corrected chi connectivity index (χ0v) is 15.1. The van der Waals surface area contributed by atoms with Crippen molar-refractivity contribution >= 4 is 22.2 Å². The summed E-state index contributed by atoms with van der Waals surface area (Å²) in [6.45, 7) is 0.317. The molecule has 0 fully saturated rings. The number of hydrogen-bond acceptors (Lipinski definition) is 4. The van der Waals surface area contributed by atoms with Gasteiger partial charge in [0.15, 0.2) is 5.78 Å². The van der Waals surface area contributed by atoms with Crippen LogP contribution in [-0.4, -0.2) is 10.9 Å². The molecule has 0 bridgehead atoms. The molecule has 0 spiro atoms. The van der Waals surface area contributed by atoms with Crippen LogP contribution in [0.15, 0.2) is 84.9 Å². The molecular weight excluding hydrogens is 350 g/mol. The minimum absolute atomic E-state index is 0.0615. The summed E-state index contributed by atoms with van der Waals surface area (Å²) in [5, 5.41) is 11.9. The fourth-order valence-electron chi connectivity index (χ4n) is 3.19. The first-order valence-corrected chi connectivity index (χ1v) is 8.96. The molecule has 0 aliphatic carbocycles. The lowest BCUT2D eigenvalue weighted by atomic mass is 9.96. The van der Waals surface area contributed by atoms with Crippen molar-refractivity contribution in [1.29, 1.82) is 0 Å². The average Bonchev–Trinajstić information content (AvgIpc) is 2.75. The summed E-state index contributed by atoms with van der Waals surface area (Å²) in [6, 6.07) is 25.4. The number of hydrogen-bond donors (Lipinski definition) is 2. The number of nitrogens with two attached hydrogens (primary N) is 1. The monoisotopic (exact) mass is 369 g/mol. The molecule has 0 aromatic heterocycles. The van der Waals surface area contributed by atoms with Crippen LogP contribution in [0, 0.1) is 0 Å². The Labute approximate surface area is 162 Å². The SMILES string of the molecule is Nc1c(COc2ccccc2)ccc2c(O)c(C(=O)c3ccccc3)ccc12. The van der Waals surface area contributed by atoms with Gasteiger partial charge in [-0.2, -0.15) is 0 Å². The second-order valence-electron chi connectivity index (χ2n) is 6.49. The minimum Gasteiger partial charge on any atom is -0.507 e. The van der Waals surface area contributed by atoms with E-state index in [1.807, 2.05) is 42.5 Å². The molecule has 0 unspecified atom stereocenters. The van der Waals surface area contributed by atoms with Crippen molar-refractivity contribution in [2.45, 2.75) is 6.61 Å². The first kappa shape index (κ1) is 17.6. The van der Waals surface area contributed by atoms with Crippen molar-refractivity contribution in [2.24, 2.45) is 0 Å². The molecule has 0 saturated heterocycles. The predicted octanol–water partition coefficient (Wildman–Crippen LogP) is 4.94. The highest BCUT2D eigenvalue weighted by molar-refractivity contribution is 6.14. The van der Waals surface area contributed by atoms with Crippen LogP contribution in [-0.2, 0) is 6.61 Å². The van der Waals surface area contributed by atoms with Crippen LogP contribution in [0.3, 0.4) is 0 Å². The van der Waals surface area contributed by atoms with E-state index in [0.717, 1.165) is 11.3 Å². The molecule has 0 radical (unpaired) electrons. The maximum Gasteiger partial charge on any atom is 0.196 e. The second-order valence-corrected chi connectivity index (χ2v) is 6.49. The summed E-state index contributed by atoms with van der Waals surface area (Å²) >= 11 is 0. The highest BCUT2D eigenvalue weighted by atomic mass is 16.5. The molecule has 4 aromatic carbocycles. The Kier molecular flexibility index (Phi) is 4.68. The van der Waals surface area contributed by atoms with E-state index in [1.54, 1.807) is 42.5 Å². The Morgan fingerprint density at radius 1 is 0.821 bits per heavy atom. The predicted molar refractivity (Wildman–Crippen MR) is 111 cm³/mol. The van der Waals surface area contributed by atoms with Crippen LogP contribution in [0.5, 0.6) is 11.5 Å². The third-order valence-electron chi connectivity index (χ3n) is 4.72. The highest BCUT2D eigenvalue weighted by Crippen LogP contribution is 2.35. The van der Waals surface area contributed by atoms with Crippen molar-refractivity contribution in [3.63, 3.8) is 0 Å². The number of phenols is 1. The lowest BCUT2D eigenvalue weighted by Gasteiger charge is -2.13. The van der Waals surface area contributed by atoms with Gasteiger partial charge in [0.05, 0.1) is 5.56 Å². The van der Waals surface area contributed by atoms with E-state index in [1.165, 1.54) is 0 Å². The van der Waals surface area contributed by atoms with E-state index in [0.29, 0.717) is 28.6 Å². The van der Waals surface area contributed by atoms with Gasteiger partial charge in [0.1, 0.15) is 18.1 Å². The highest BCUT2D eigenvalue weighted by Gasteiger charge is 2.17. The van der Waals surface area contributed by atoms with E-state index in [9.17, 15) is 9.90 Å². The van der Waals surface area contributed by atoms with Crippen LogP contribution >= 0.6 is 0 Å². The van der Waals surface area contributed by atoms with E-state index in [-0.39, 0.29) is 17.1 Å². The number of anilines is 1. The minimum atomic E-state index is -0.227. The number of rotatable bonds is 5. The molecular formula is C24H19NO3. The van der Waals surface area contributed by atoms with Gasteiger partial charge in [0.2, 0.25) is 0 Å². The quantitative estimate of drug-likeness (QED) is 0.386. The summed E-state index contributed by atoms with van der Waals surface area (Å²) in [5.41, 5.74) is 8.44. The molecule has 4 nitrogen and oxygen atoms in total. The summed E-state index contributed by atoms with van der Waals surface area (Å²) in [5.74, 6) is 0.470. The maximum atomic E-state index is 12.7. The van der Waals surface area contributed by atoms with Gasteiger partial charge in [0, 0.05) is 27.6 Å². The van der Waals surface area contributed by atoms with E-state index >= 15 is 0 Å². The molecule has 0 saturated carbocycles. The standard InChI is InChI=1S/C24H19NO3/c25-22-17(15-28-18-9-5-2-6-10-18)11-12-20-19(22)13-14-21(24(20)27)23(26)16-7-3-1-4-8-16/h1-14,27H,15,25H2. The van der Waals surface area contributed by atoms with Gasteiger partial charge in [-0.15, -0.1) is 0 Å². The Hall–Kier alpha value is -3.79. The van der Waals surface area contributed by atoms with Gasteiger partial charge >= 0.3 is 0 Å². The average molecular weight is 369 g/mol. The largest absolute Gasteiger partial charge is 0.507 e. The van der Waals surface area contributed by atoms with Crippen LogP contribution in [0.1, 0.15) is 21.5 Å². The summed E-state index contributed by atoms with van der Waals surface area (Å²) in [6.07, 6.45) is 0. The third kappa shape index (κ3) is 3.28. The summed E-state index contributed by atoms with van der Waals surface area (Å²) < 4.78 is 5.78. The summed E-state index contributed by atoms with van der Waals surface area (Å²) in [7, 11) is 0. The number of aromatic hydroxyl groups is 1. The fourth-order valence-corrected chi connectivity index (χ4v) is 3.19. The number of para-hydroxylation sites is 1. The van der Waals surface area contributed by atoms with Crippen LogP contribution < -0.4 is 10.5 Å². The number of phenolic OH excluding ortho intramolecular Hbond substituents is 1. The van der Waals surface area contributed by atoms with Crippen LogP contribution in [0.25, 0.3) is 10.8 Å². The first-order chi connectivity index (χ1) is 13.6. The number of benzene rings is 4. The molecule has 0 aliphatic rings. The molecule has 0 atom stereocenters. The van der Waals surface area contributed by atoms with E-state index in [2.05, 4.69) is 0 Å². The zero-order chi connectivity index (χ0) is 19.5. The van der Waals surface area contributed by atoms with Crippen LogP contribution in [0.2, 0.25) is 0 Å². The van der Waals surface area contributed by atoms with Crippen molar-refractivity contribution in [2.75, 3.05) is 5.73 Å². The lowest BCUT2D eigenvalue weighted by Crippen LogP contribution is -2.04. The molecule has 4 heteroatoms. The van der Waals surface area contributed by atoms with Crippen molar-refractivity contribution in [3.05, 3.63) is 102 Å². The van der Waals surface area contributed by atoms with Gasteiger partial charge in [-0.1, -0.05) is 66.7 Å². The van der Waals surface area contributed by atoms with Gasteiger partial charge in [-0.05, 0) is 18.2 Å². The number of nitrogen functional groups attached to an aromatic ring is 1. The van der Waals surface area contributed by atoms with Gasteiger partial charge < -0.3 is 15.6 Å². The van der Waals surface area contributed by atoms with Crippen molar-refractivity contribution in [1.82, 2.24) is 0 Å². The van der Waals surface area contributed by atoms with Crippen LogP contribution in [0.4, 0.5) is 5.69 Å². The molecule has 0 amide bonds. The molecule has 28 heavy (non-hydrogen) atoms. The molecule has 0 heterocycles. The van der Waals surface area contributed by atoms with Gasteiger partial charge in [-0.3, -0.25) is 4.79 Å². The normalized spacial score (nSPS) is 10.7. The zero-order valence-electron chi connectivity index (χ0n) is 15.1. The number of carbonyl (C=O) groups excluding carboxylic acids is 1. The molecule has 3 N–H and O–H groups in total. The number of ether oxygens (including phenoxy) is 1. The first-order valence-electron chi connectivity index (χ1n) is 8.96. The summed E-state index contributed by atoms with van der Waals surface area (Å²) in [4.78, 5) is 12.7. The number of fused-ring (bicyclic) bond motifs is 1. The second kappa shape index (κ2) is 7.45. The van der Waals surface area contributed by atoms with Crippen molar-refractivity contribution < 1.29 is 14.6 Å². The molecule has 138 valence electrons. The Morgan fingerprint density at radius 2 is 1.46 bits per heavy atom. The van der Waals surface area contributed by atoms with Gasteiger partial charge in [0.25, 0.3) is 0 Å². The van der Waals surface area contributed by atoms with E-state index in [4.69, 9.17) is 10.5 Å². The third-order valence-corrected chi connectivity index (χ3v) is 4.72. The fraction of sp³-hybridized carbons (Fsp3) is 0.0417. The molecule has 4 aromatic rings. The van der Waals surface area contributed by atoms with E-state index < -0.39 is 0 Å². The smallest absolute Gasteiger partial charge is 0.196 e. The van der Waals surface area contributed by atoms with Crippen molar-refractivity contribution in [3.8, 4) is 11.5 Å². The lowest BCUT2D eigenvalue weighted by molar-refractivity contribution is 0.103.